The zero-order chi connectivity index (χ0) is 15.9. The van der Waals surface area contributed by atoms with Crippen LogP contribution in [0.3, 0.4) is 0 Å². The first-order chi connectivity index (χ1) is 10.5. The molecule has 0 spiro atoms. The van der Waals surface area contributed by atoms with Gasteiger partial charge in [0, 0.05) is 23.7 Å². The van der Waals surface area contributed by atoms with Crippen molar-refractivity contribution in [3.05, 3.63) is 34.1 Å². The van der Waals surface area contributed by atoms with Gasteiger partial charge in [0.2, 0.25) is 0 Å². The number of hydrogen-bond acceptors (Lipinski definition) is 3. The normalized spacial score (nSPS) is 23.8. The van der Waals surface area contributed by atoms with Gasteiger partial charge in [-0.05, 0) is 25.0 Å². The highest BCUT2D eigenvalue weighted by Gasteiger charge is 2.46. The largest absolute Gasteiger partial charge is 0.368 e. The van der Waals surface area contributed by atoms with Crippen LogP contribution in [0.1, 0.15) is 17.5 Å². The van der Waals surface area contributed by atoms with Gasteiger partial charge in [0.25, 0.3) is 0 Å². The fraction of sp³-hybridized carbons (Fsp3) is 0.467. The molecule has 118 valence electrons. The molecule has 0 saturated carbocycles. The highest BCUT2D eigenvalue weighted by Crippen LogP contribution is 2.27. The molecular formula is C15H16ClFN2O3. The average molecular weight is 327 g/mol. The maximum Gasteiger partial charge on any atom is 0.318 e. The molecule has 0 radical (unpaired) electrons. The van der Waals surface area contributed by atoms with E-state index in [1.165, 1.54) is 4.90 Å². The minimum atomic E-state index is -0.516. The maximum absolute atomic E-state index is 14.0. The Kier molecular flexibility index (Phi) is 4.06. The summed E-state index contributed by atoms with van der Waals surface area (Å²) >= 11 is 5.98. The Morgan fingerprint density at radius 1 is 1.55 bits per heavy atom. The third kappa shape index (κ3) is 2.57. The van der Waals surface area contributed by atoms with E-state index < -0.39 is 17.9 Å². The third-order valence-electron chi connectivity index (χ3n) is 4.17. The summed E-state index contributed by atoms with van der Waals surface area (Å²) < 4.78 is 19.4. The molecular weight excluding hydrogens is 311 g/mol. The second kappa shape index (κ2) is 5.85. The number of hydrogen-bond donors (Lipinski definition) is 1. The van der Waals surface area contributed by atoms with Gasteiger partial charge in [-0.25, -0.2) is 9.18 Å². The molecule has 3 rings (SSSR count). The first-order valence-electron chi connectivity index (χ1n) is 7.11. The SMILES string of the molecule is Cc1ccc(Cl)c(CNC(=O)N2CCC3OCC(=O)C32)c1F. The van der Waals surface area contributed by atoms with Crippen LogP contribution in [0.15, 0.2) is 12.1 Å². The molecule has 1 aromatic rings. The predicted octanol–water partition coefficient (Wildman–Crippen LogP) is 2.04. The van der Waals surface area contributed by atoms with Gasteiger partial charge in [0.05, 0.1) is 6.10 Å². The van der Waals surface area contributed by atoms with Crippen molar-refractivity contribution in [1.29, 1.82) is 0 Å². The molecule has 22 heavy (non-hydrogen) atoms. The number of carbonyl (C=O) groups excluding carboxylic acids is 2. The quantitative estimate of drug-likeness (QED) is 0.905. The van der Waals surface area contributed by atoms with Crippen molar-refractivity contribution in [2.45, 2.75) is 32.0 Å². The molecule has 0 aliphatic carbocycles. The van der Waals surface area contributed by atoms with E-state index in [1.54, 1.807) is 19.1 Å². The molecule has 5 nitrogen and oxygen atoms in total. The number of benzene rings is 1. The van der Waals surface area contributed by atoms with Crippen molar-refractivity contribution >= 4 is 23.4 Å². The topological polar surface area (TPSA) is 58.6 Å². The average Bonchev–Trinajstić information content (AvgIpc) is 3.06. The van der Waals surface area contributed by atoms with Crippen LogP contribution in [0, 0.1) is 12.7 Å². The molecule has 1 aromatic carbocycles. The van der Waals surface area contributed by atoms with Crippen LogP contribution >= 0.6 is 11.6 Å². The van der Waals surface area contributed by atoms with Crippen molar-refractivity contribution in [2.24, 2.45) is 0 Å². The lowest BCUT2D eigenvalue weighted by molar-refractivity contribution is -0.120. The van der Waals surface area contributed by atoms with Crippen molar-refractivity contribution in [2.75, 3.05) is 13.2 Å². The maximum atomic E-state index is 14.0. The van der Waals surface area contributed by atoms with Gasteiger partial charge in [0.1, 0.15) is 18.5 Å². The summed E-state index contributed by atoms with van der Waals surface area (Å²) in [4.78, 5) is 25.5. The van der Waals surface area contributed by atoms with Gasteiger partial charge in [-0.2, -0.15) is 0 Å². The lowest BCUT2D eigenvalue weighted by Gasteiger charge is -2.22. The Hall–Kier alpha value is -1.66. The molecule has 2 atom stereocenters. The lowest BCUT2D eigenvalue weighted by Crippen LogP contribution is -2.46. The Bertz CT molecular complexity index is 637. The van der Waals surface area contributed by atoms with Gasteiger partial charge in [-0.1, -0.05) is 17.7 Å². The van der Waals surface area contributed by atoms with E-state index in [2.05, 4.69) is 5.32 Å². The van der Waals surface area contributed by atoms with Gasteiger partial charge >= 0.3 is 6.03 Å². The number of ketones is 1. The second-order valence-electron chi connectivity index (χ2n) is 5.56. The molecule has 2 unspecified atom stereocenters. The first-order valence-corrected chi connectivity index (χ1v) is 7.49. The van der Waals surface area contributed by atoms with Crippen molar-refractivity contribution in [3.63, 3.8) is 0 Å². The Labute approximate surface area is 132 Å². The number of rotatable bonds is 2. The highest BCUT2D eigenvalue weighted by atomic mass is 35.5. The van der Waals surface area contributed by atoms with Crippen LogP contribution in [-0.2, 0) is 16.1 Å². The molecule has 2 fully saturated rings. The number of aryl methyl sites for hydroxylation is 1. The summed E-state index contributed by atoms with van der Waals surface area (Å²) in [5.74, 6) is -0.509. The van der Waals surface area contributed by atoms with E-state index >= 15 is 0 Å². The summed E-state index contributed by atoms with van der Waals surface area (Å²) in [5.41, 5.74) is 0.717. The third-order valence-corrected chi connectivity index (χ3v) is 4.52. The van der Waals surface area contributed by atoms with Crippen LogP contribution in [0.4, 0.5) is 9.18 Å². The van der Waals surface area contributed by atoms with Crippen molar-refractivity contribution < 1.29 is 18.7 Å². The number of Topliss-reactive ketones (excluding diaryl/α,β-unsaturated/α-hetero) is 1. The fourth-order valence-corrected chi connectivity index (χ4v) is 3.18. The molecule has 2 aliphatic rings. The fourth-order valence-electron chi connectivity index (χ4n) is 2.96. The minimum absolute atomic E-state index is 0.0197. The van der Waals surface area contributed by atoms with Gasteiger partial charge in [-0.15, -0.1) is 0 Å². The molecule has 2 saturated heterocycles. The number of halogens is 2. The van der Waals surface area contributed by atoms with Crippen LogP contribution in [0.25, 0.3) is 0 Å². The molecule has 1 N–H and O–H groups in total. The smallest absolute Gasteiger partial charge is 0.318 e. The van der Waals surface area contributed by atoms with E-state index in [1.807, 2.05) is 0 Å². The number of nitrogens with one attached hydrogen (secondary N) is 1. The summed E-state index contributed by atoms with van der Waals surface area (Å²) in [6.07, 6.45) is 0.432. The lowest BCUT2D eigenvalue weighted by atomic mass is 10.1. The number of ether oxygens (including phenoxy) is 1. The van der Waals surface area contributed by atoms with Crippen LogP contribution < -0.4 is 5.32 Å². The van der Waals surface area contributed by atoms with Crippen molar-refractivity contribution in [1.82, 2.24) is 10.2 Å². The van der Waals surface area contributed by atoms with Gasteiger partial charge in [0.15, 0.2) is 5.78 Å². The van der Waals surface area contributed by atoms with Gasteiger partial charge in [-0.3, -0.25) is 4.79 Å². The predicted molar refractivity (Wildman–Crippen MR) is 78.2 cm³/mol. The van der Waals surface area contributed by atoms with E-state index in [-0.39, 0.29) is 35.6 Å². The van der Waals surface area contributed by atoms with Crippen molar-refractivity contribution in [3.8, 4) is 0 Å². The van der Waals surface area contributed by atoms with E-state index in [4.69, 9.17) is 16.3 Å². The van der Waals surface area contributed by atoms with Crippen LogP contribution in [-0.4, -0.2) is 42.0 Å². The van der Waals surface area contributed by atoms with E-state index in [0.717, 1.165) is 0 Å². The molecule has 2 aliphatic heterocycles. The Morgan fingerprint density at radius 2 is 2.32 bits per heavy atom. The number of likely N-dealkylation sites (tertiary alicyclic amines) is 1. The number of carbonyl (C=O) groups is 2. The summed E-state index contributed by atoms with van der Waals surface area (Å²) in [7, 11) is 0. The monoisotopic (exact) mass is 326 g/mol. The summed E-state index contributed by atoms with van der Waals surface area (Å²) in [5, 5.41) is 2.90. The summed E-state index contributed by atoms with van der Waals surface area (Å²) in [6, 6.07) is 2.27. The molecule has 0 bridgehead atoms. The minimum Gasteiger partial charge on any atom is -0.368 e. The highest BCUT2D eigenvalue weighted by molar-refractivity contribution is 6.31. The number of urea groups is 1. The zero-order valence-electron chi connectivity index (χ0n) is 12.1. The first kappa shape index (κ1) is 15.2. The van der Waals surface area contributed by atoms with Crippen LogP contribution in [0.5, 0.6) is 0 Å². The molecule has 7 heteroatoms. The standard InChI is InChI=1S/C15H16ClFN2O3/c1-8-2-3-10(16)9(13(8)17)6-18-15(21)19-5-4-12-14(19)11(20)7-22-12/h2-3,12,14H,4-7H2,1H3,(H,18,21). The zero-order valence-corrected chi connectivity index (χ0v) is 12.8. The summed E-state index contributed by atoms with van der Waals surface area (Å²) in [6.45, 7) is 2.12. The molecule has 2 amide bonds. The van der Waals surface area contributed by atoms with Gasteiger partial charge < -0.3 is 15.0 Å². The number of nitrogens with zero attached hydrogens (tertiary/aromatic N) is 1. The van der Waals surface area contributed by atoms with Crippen LogP contribution in [0.2, 0.25) is 5.02 Å². The van der Waals surface area contributed by atoms with E-state index in [9.17, 15) is 14.0 Å². The number of amides is 2. The second-order valence-corrected chi connectivity index (χ2v) is 5.97. The Balaban J connectivity index is 1.69. The number of fused-ring (bicyclic) bond motifs is 1. The Morgan fingerprint density at radius 3 is 3.09 bits per heavy atom. The molecule has 0 aromatic heterocycles. The van der Waals surface area contributed by atoms with E-state index in [0.29, 0.717) is 18.5 Å². The molecule has 2 heterocycles.